The summed E-state index contributed by atoms with van der Waals surface area (Å²) < 4.78 is 0. The van der Waals surface area contributed by atoms with E-state index in [1.165, 1.54) is 0 Å². The second-order valence-corrected chi connectivity index (χ2v) is 4.11. The molecule has 0 spiro atoms. The molecule has 1 aliphatic rings. The average Bonchev–Trinajstić information content (AvgIpc) is 2.70. The summed E-state index contributed by atoms with van der Waals surface area (Å²) in [5.74, 6) is -0.0498. The first-order valence-corrected chi connectivity index (χ1v) is 5.40. The Hall–Kier alpha value is -0.770. The molecule has 0 aromatic heterocycles. The molecular formula is C11H14Cl2N2O. The van der Waals surface area contributed by atoms with Crippen LogP contribution in [0.25, 0.3) is 0 Å². The van der Waals surface area contributed by atoms with Gasteiger partial charge in [0.2, 0.25) is 0 Å². The molecule has 1 fully saturated rings. The van der Waals surface area contributed by atoms with Crippen LogP contribution in [0.4, 0.5) is 0 Å². The van der Waals surface area contributed by atoms with Crippen molar-refractivity contribution < 1.29 is 4.79 Å². The van der Waals surface area contributed by atoms with Gasteiger partial charge in [-0.1, -0.05) is 17.7 Å². The number of carbonyl (C=O) groups excluding carboxylic acids is 1. The van der Waals surface area contributed by atoms with Crippen molar-refractivity contribution in [2.75, 3.05) is 13.1 Å². The van der Waals surface area contributed by atoms with Gasteiger partial charge < -0.3 is 10.6 Å². The van der Waals surface area contributed by atoms with Crippen LogP contribution in [0.1, 0.15) is 16.8 Å². The Balaban J connectivity index is 0.00000128. The molecule has 1 aliphatic heterocycles. The molecule has 1 aromatic rings. The summed E-state index contributed by atoms with van der Waals surface area (Å²) in [5, 5.41) is 6.75. The fourth-order valence-electron chi connectivity index (χ4n) is 1.68. The van der Waals surface area contributed by atoms with Crippen LogP contribution >= 0.6 is 24.0 Å². The lowest BCUT2D eigenvalue weighted by Crippen LogP contribution is -2.36. The minimum atomic E-state index is -0.0498. The van der Waals surface area contributed by atoms with Gasteiger partial charge in [0.05, 0.1) is 0 Å². The summed E-state index contributed by atoms with van der Waals surface area (Å²) >= 11 is 5.81. The average molecular weight is 261 g/mol. The molecule has 2 rings (SSSR count). The van der Waals surface area contributed by atoms with Gasteiger partial charge >= 0.3 is 0 Å². The smallest absolute Gasteiger partial charge is 0.251 e. The summed E-state index contributed by atoms with van der Waals surface area (Å²) in [6.45, 7) is 1.83. The van der Waals surface area contributed by atoms with Crippen molar-refractivity contribution in [1.29, 1.82) is 0 Å². The number of hydrogen-bond donors (Lipinski definition) is 2. The summed E-state index contributed by atoms with van der Waals surface area (Å²) in [7, 11) is 0. The molecule has 0 saturated carbocycles. The minimum absolute atomic E-state index is 0. The van der Waals surface area contributed by atoms with Gasteiger partial charge in [0.15, 0.2) is 0 Å². The van der Waals surface area contributed by atoms with Crippen LogP contribution in [0.15, 0.2) is 24.3 Å². The predicted octanol–water partition coefficient (Wildman–Crippen LogP) is 1.85. The fraction of sp³-hybridized carbons (Fsp3) is 0.364. The molecule has 16 heavy (non-hydrogen) atoms. The van der Waals surface area contributed by atoms with E-state index in [4.69, 9.17) is 11.6 Å². The molecular weight excluding hydrogens is 247 g/mol. The Kier molecular flexibility index (Phi) is 5.06. The van der Waals surface area contributed by atoms with E-state index < -0.39 is 0 Å². The Morgan fingerprint density at radius 3 is 2.94 bits per heavy atom. The summed E-state index contributed by atoms with van der Waals surface area (Å²) in [6.07, 6.45) is 0.992. The SMILES string of the molecule is Cl.O=C(NC1CCNC1)c1cccc(Cl)c1. The first-order valence-electron chi connectivity index (χ1n) is 5.03. The molecule has 88 valence electrons. The van der Waals surface area contributed by atoms with Crippen molar-refractivity contribution in [1.82, 2.24) is 10.6 Å². The summed E-state index contributed by atoms with van der Waals surface area (Å²) in [4.78, 5) is 11.8. The number of rotatable bonds is 2. The van der Waals surface area contributed by atoms with E-state index >= 15 is 0 Å². The molecule has 1 heterocycles. The summed E-state index contributed by atoms with van der Waals surface area (Å²) in [5.41, 5.74) is 0.620. The van der Waals surface area contributed by atoms with Gasteiger partial charge in [-0.3, -0.25) is 4.79 Å². The van der Waals surface area contributed by atoms with E-state index in [1.54, 1.807) is 24.3 Å². The van der Waals surface area contributed by atoms with Gasteiger partial charge in [0.25, 0.3) is 5.91 Å². The number of amides is 1. The number of hydrogen-bond acceptors (Lipinski definition) is 2. The zero-order valence-corrected chi connectivity index (χ0v) is 10.3. The van der Waals surface area contributed by atoms with Crippen molar-refractivity contribution in [3.8, 4) is 0 Å². The fourth-order valence-corrected chi connectivity index (χ4v) is 1.87. The van der Waals surface area contributed by atoms with Crippen molar-refractivity contribution in [2.24, 2.45) is 0 Å². The molecule has 5 heteroatoms. The van der Waals surface area contributed by atoms with Crippen molar-refractivity contribution in [3.63, 3.8) is 0 Å². The van der Waals surface area contributed by atoms with Gasteiger partial charge in [0.1, 0.15) is 0 Å². The lowest BCUT2D eigenvalue weighted by molar-refractivity contribution is 0.0940. The van der Waals surface area contributed by atoms with Crippen molar-refractivity contribution in [3.05, 3.63) is 34.9 Å². The predicted molar refractivity (Wildman–Crippen MR) is 67.4 cm³/mol. The van der Waals surface area contributed by atoms with Crippen molar-refractivity contribution in [2.45, 2.75) is 12.5 Å². The first-order chi connectivity index (χ1) is 7.25. The second-order valence-electron chi connectivity index (χ2n) is 3.67. The van der Waals surface area contributed by atoms with Crippen LogP contribution in [-0.4, -0.2) is 25.0 Å². The van der Waals surface area contributed by atoms with Crippen LogP contribution in [-0.2, 0) is 0 Å². The van der Waals surface area contributed by atoms with Crippen LogP contribution in [0.5, 0.6) is 0 Å². The number of halogens is 2. The quantitative estimate of drug-likeness (QED) is 0.853. The molecule has 1 atom stereocenters. The molecule has 1 amide bonds. The highest BCUT2D eigenvalue weighted by Gasteiger charge is 2.17. The standard InChI is InChI=1S/C11H13ClN2O.ClH/c12-9-3-1-2-8(6-9)11(15)14-10-4-5-13-7-10;/h1-3,6,10,13H,4-5,7H2,(H,14,15);1H. The van der Waals surface area contributed by atoms with Crippen LogP contribution < -0.4 is 10.6 Å². The molecule has 0 aliphatic carbocycles. The van der Waals surface area contributed by atoms with Crippen LogP contribution in [0.3, 0.4) is 0 Å². The van der Waals surface area contributed by atoms with E-state index in [9.17, 15) is 4.79 Å². The second kappa shape index (κ2) is 6.09. The van der Waals surface area contributed by atoms with E-state index in [-0.39, 0.29) is 24.4 Å². The maximum Gasteiger partial charge on any atom is 0.251 e. The van der Waals surface area contributed by atoms with Crippen molar-refractivity contribution >= 4 is 29.9 Å². The minimum Gasteiger partial charge on any atom is -0.348 e. The van der Waals surface area contributed by atoms with Gasteiger partial charge in [-0.25, -0.2) is 0 Å². The maximum absolute atomic E-state index is 11.8. The third-order valence-corrected chi connectivity index (χ3v) is 2.72. The Morgan fingerprint density at radius 2 is 2.31 bits per heavy atom. The molecule has 3 nitrogen and oxygen atoms in total. The van der Waals surface area contributed by atoms with Gasteiger partial charge in [-0.2, -0.15) is 0 Å². The van der Waals surface area contributed by atoms with Gasteiger partial charge in [-0.05, 0) is 31.2 Å². The topological polar surface area (TPSA) is 41.1 Å². The first kappa shape index (κ1) is 13.3. The monoisotopic (exact) mass is 260 g/mol. The van der Waals surface area contributed by atoms with Crippen LogP contribution in [0, 0.1) is 0 Å². The van der Waals surface area contributed by atoms with Crippen LogP contribution in [0.2, 0.25) is 5.02 Å². The Labute approximate surface area is 106 Å². The summed E-state index contributed by atoms with van der Waals surface area (Å²) in [6, 6.07) is 7.24. The van der Waals surface area contributed by atoms with Gasteiger partial charge in [0, 0.05) is 23.2 Å². The van der Waals surface area contributed by atoms with E-state index in [0.717, 1.165) is 19.5 Å². The molecule has 0 radical (unpaired) electrons. The Morgan fingerprint density at radius 1 is 1.50 bits per heavy atom. The number of nitrogens with one attached hydrogen (secondary N) is 2. The van der Waals surface area contributed by atoms with Gasteiger partial charge in [-0.15, -0.1) is 12.4 Å². The van der Waals surface area contributed by atoms with E-state index in [1.807, 2.05) is 0 Å². The maximum atomic E-state index is 11.8. The lowest BCUT2D eigenvalue weighted by Gasteiger charge is -2.11. The third-order valence-electron chi connectivity index (χ3n) is 2.48. The highest BCUT2D eigenvalue weighted by molar-refractivity contribution is 6.30. The lowest BCUT2D eigenvalue weighted by atomic mass is 10.2. The highest BCUT2D eigenvalue weighted by Crippen LogP contribution is 2.11. The Bertz CT molecular complexity index is 365. The highest BCUT2D eigenvalue weighted by atomic mass is 35.5. The zero-order chi connectivity index (χ0) is 10.7. The molecule has 1 aromatic carbocycles. The van der Waals surface area contributed by atoms with E-state index in [0.29, 0.717) is 10.6 Å². The zero-order valence-electron chi connectivity index (χ0n) is 8.70. The number of benzene rings is 1. The molecule has 1 unspecified atom stereocenters. The molecule has 1 saturated heterocycles. The normalized spacial score (nSPS) is 18.9. The third kappa shape index (κ3) is 3.37. The molecule has 2 N–H and O–H groups in total. The largest absolute Gasteiger partial charge is 0.348 e. The number of carbonyl (C=O) groups is 1. The van der Waals surface area contributed by atoms with E-state index in [2.05, 4.69) is 10.6 Å². The molecule has 0 bridgehead atoms.